The highest BCUT2D eigenvalue weighted by Crippen LogP contribution is 2.27. The van der Waals surface area contributed by atoms with Crippen LogP contribution in [0.3, 0.4) is 0 Å². The summed E-state index contributed by atoms with van der Waals surface area (Å²) in [4.78, 5) is 36.3. The third-order valence-electron chi connectivity index (χ3n) is 4.49. The monoisotopic (exact) mass is 475 g/mol. The van der Waals surface area contributed by atoms with Crippen LogP contribution < -0.4 is 20.2 Å². The number of nitrogens with one attached hydrogen (secondary N) is 2. The second-order valence-electron chi connectivity index (χ2n) is 7.21. The van der Waals surface area contributed by atoms with Crippen LogP contribution in [-0.2, 0) is 14.3 Å². The topological polar surface area (TPSA) is 115 Å². The molecule has 0 spiro atoms. The molecular weight excluding hydrogens is 450 g/mol. The Labute approximate surface area is 197 Å². The number of nitrogens with zero attached hydrogens (tertiary/aromatic N) is 1. The van der Waals surface area contributed by atoms with E-state index < -0.39 is 23.8 Å². The summed E-state index contributed by atoms with van der Waals surface area (Å²) in [6.45, 7) is 3.37. The van der Waals surface area contributed by atoms with Crippen molar-refractivity contribution in [3.05, 3.63) is 58.6 Å². The number of halogens is 1. The second kappa shape index (κ2) is 12.4. The number of methoxy groups -OCH3 is 2. The van der Waals surface area contributed by atoms with Gasteiger partial charge in [-0.2, -0.15) is 5.10 Å². The molecule has 9 nitrogen and oxygen atoms in total. The zero-order valence-electron chi connectivity index (χ0n) is 18.8. The number of hydrogen-bond acceptors (Lipinski definition) is 7. The Morgan fingerprint density at radius 2 is 1.76 bits per heavy atom. The van der Waals surface area contributed by atoms with Gasteiger partial charge in [0.15, 0.2) is 18.1 Å². The lowest BCUT2D eigenvalue weighted by atomic mass is 10.0. The molecule has 33 heavy (non-hydrogen) atoms. The zero-order chi connectivity index (χ0) is 24.4. The van der Waals surface area contributed by atoms with Gasteiger partial charge in [0, 0.05) is 10.6 Å². The molecule has 0 saturated heterocycles. The summed E-state index contributed by atoms with van der Waals surface area (Å²) in [5.74, 6) is -0.820. The average Bonchev–Trinajstić information content (AvgIpc) is 2.81. The van der Waals surface area contributed by atoms with E-state index in [0.29, 0.717) is 27.6 Å². The van der Waals surface area contributed by atoms with Crippen LogP contribution in [0.4, 0.5) is 0 Å². The van der Waals surface area contributed by atoms with E-state index in [0.717, 1.165) is 0 Å². The summed E-state index contributed by atoms with van der Waals surface area (Å²) in [6, 6.07) is 10.5. The van der Waals surface area contributed by atoms with Crippen molar-refractivity contribution in [1.82, 2.24) is 10.7 Å². The largest absolute Gasteiger partial charge is 0.493 e. The van der Waals surface area contributed by atoms with Gasteiger partial charge >= 0.3 is 5.97 Å². The van der Waals surface area contributed by atoms with E-state index in [1.54, 1.807) is 42.5 Å². The highest BCUT2D eigenvalue weighted by atomic mass is 35.5. The summed E-state index contributed by atoms with van der Waals surface area (Å²) in [6.07, 6.45) is 1.42. The number of rotatable bonds is 10. The van der Waals surface area contributed by atoms with E-state index in [2.05, 4.69) is 20.6 Å². The van der Waals surface area contributed by atoms with E-state index in [1.165, 1.54) is 20.4 Å². The molecule has 2 amide bonds. The molecule has 0 radical (unpaired) electrons. The highest BCUT2D eigenvalue weighted by Gasteiger charge is 2.24. The third kappa shape index (κ3) is 7.80. The van der Waals surface area contributed by atoms with Crippen LogP contribution in [0.2, 0.25) is 5.02 Å². The van der Waals surface area contributed by atoms with Crippen LogP contribution in [0.5, 0.6) is 11.5 Å². The summed E-state index contributed by atoms with van der Waals surface area (Å²) < 4.78 is 15.2. The first-order valence-electron chi connectivity index (χ1n) is 10.0. The van der Waals surface area contributed by atoms with Crippen molar-refractivity contribution in [3.63, 3.8) is 0 Å². The van der Waals surface area contributed by atoms with E-state index in [4.69, 9.17) is 21.1 Å². The fourth-order valence-electron chi connectivity index (χ4n) is 2.68. The molecule has 1 unspecified atom stereocenters. The molecule has 0 aromatic heterocycles. The molecule has 10 heteroatoms. The zero-order valence-corrected chi connectivity index (χ0v) is 19.5. The molecular formula is C23H26ClN3O6. The van der Waals surface area contributed by atoms with Crippen LogP contribution in [0.1, 0.15) is 29.8 Å². The third-order valence-corrected chi connectivity index (χ3v) is 4.74. The van der Waals surface area contributed by atoms with Gasteiger partial charge in [-0.1, -0.05) is 25.4 Å². The van der Waals surface area contributed by atoms with E-state index in [1.807, 2.05) is 13.8 Å². The molecule has 2 aromatic rings. The Balaban J connectivity index is 2.01. The lowest BCUT2D eigenvalue weighted by Gasteiger charge is -2.20. The maximum absolute atomic E-state index is 12.6. The quantitative estimate of drug-likeness (QED) is 0.310. The molecule has 1 atom stereocenters. The first-order valence-corrected chi connectivity index (χ1v) is 10.4. The Bertz CT molecular complexity index is 1010. The minimum absolute atomic E-state index is 0.178. The molecule has 2 aromatic carbocycles. The van der Waals surface area contributed by atoms with Crippen LogP contribution in [0.25, 0.3) is 0 Å². The molecule has 0 aliphatic carbocycles. The smallest absolute Gasteiger partial charge is 0.343 e. The molecule has 0 aliphatic heterocycles. The Morgan fingerprint density at radius 3 is 2.36 bits per heavy atom. The fourth-order valence-corrected chi connectivity index (χ4v) is 2.81. The minimum atomic E-state index is -0.797. The minimum Gasteiger partial charge on any atom is -0.493 e. The molecule has 2 N–H and O–H groups in total. The molecule has 2 rings (SSSR count). The van der Waals surface area contributed by atoms with Gasteiger partial charge < -0.3 is 19.5 Å². The van der Waals surface area contributed by atoms with Crippen LogP contribution >= 0.6 is 11.6 Å². The van der Waals surface area contributed by atoms with Crippen molar-refractivity contribution in [2.75, 3.05) is 20.8 Å². The second-order valence-corrected chi connectivity index (χ2v) is 7.65. The number of amides is 2. The van der Waals surface area contributed by atoms with Crippen molar-refractivity contribution in [2.24, 2.45) is 11.0 Å². The number of ether oxygens (including phenoxy) is 3. The van der Waals surface area contributed by atoms with Gasteiger partial charge in [-0.3, -0.25) is 9.59 Å². The van der Waals surface area contributed by atoms with Crippen LogP contribution in [-0.4, -0.2) is 50.9 Å². The lowest BCUT2D eigenvalue weighted by Crippen LogP contribution is -2.48. The Morgan fingerprint density at radius 1 is 1.06 bits per heavy atom. The highest BCUT2D eigenvalue weighted by molar-refractivity contribution is 6.30. The van der Waals surface area contributed by atoms with Gasteiger partial charge in [0.05, 0.1) is 20.4 Å². The normalized spacial score (nSPS) is 11.7. The summed E-state index contributed by atoms with van der Waals surface area (Å²) in [5.41, 5.74) is 3.45. The molecule has 0 heterocycles. The van der Waals surface area contributed by atoms with E-state index in [9.17, 15) is 14.4 Å². The predicted molar refractivity (Wildman–Crippen MR) is 124 cm³/mol. The van der Waals surface area contributed by atoms with Gasteiger partial charge in [0.1, 0.15) is 6.04 Å². The molecule has 0 fully saturated rings. The summed E-state index contributed by atoms with van der Waals surface area (Å²) in [7, 11) is 2.73. The van der Waals surface area contributed by atoms with Gasteiger partial charge in [-0.05, 0) is 53.9 Å². The standard InChI is InChI=1S/C23H26ClN3O6/c1-14(2)21(26-22(29)16-6-8-17(24)9-7-16)23(30)27-25-12-15-5-10-18(19(11-15)31-3)33-13-20(28)32-4/h5-12,14,21H,13H2,1-4H3,(H,26,29)(H,27,30)/b25-12-. The van der Waals surface area contributed by atoms with E-state index >= 15 is 0 Å². The first kappa shape index (κ1) is 25.7. The predicted octanol–water partition coefficient (Wildman–Crippen LogP) is 2.81. The van der Waals surface area contributed by atoms with Gasteiger partial charge in [-0.15, -0.1) is 0 Å². The van der Waals surface area contributed by atoms with Crippen molar-refractivity contribution in [3.8, 4) is 11.5 Å². The number of hydrogen-bond donors (Lipinski definition) is 2. The van der Waals surface area contributed by atoms with Crippen LogP contribution in [0.15, 0.2) is 47.6 Å². The fraction of sp³-hybridized carbons (Fsp3) is 0.304. The van der Waals surface area contributed by atoms with Crippen molar-refractivity contribution < 1.29 is 28.6 Å². The summed E-state index contributed by atoms with van der Waals surface area (Å²) >= 11 is 5.85. The maximum atomic E-state index is 12.6. The van der Waals surface area contributed by atoms with Crippen LogP contribution in [0, 0.1) is 5.92 Å². The lowest BCUT2D eigenvalue weighted by molar-refractivity contribution is -0.142. The van der Waals surface area contributed by atoms with Crippen molar-refractivity contribution in [1.29, 1.82) is 0 Å². The number of esters is 1. The van der Waals surface area contributed by atoms with Crippen molar-refractivity contribution >= 4 is 35.6 Å². The SMILES string of the molecule is COC(=O)COc1ccc(/C=N\NC(=O)C(NC(=O)c2ccc(Cl)cc2)C(C)C)cc1OC. The Kier molecular flexibility index (Phi) is 9.68. The molecule has 176 valence electrons. The van der Waals surface area contributed by atoms with Gasteiger partial charge in [0.25, 0.3) is 11.8 Å². The molecule has 0 aliphatic rings. The van der Waals surface area contributed by atoms with Gasteiger partial charge in [-0.25, -0.2) is 10.2 Å². The first-order chi connectivity index (χ1) is 15.7. The maximum Gasteiger partial charge on any atom is 0.343 e. The molecule has 0 bridgehead atoms. The Hall–Kier alpha value is -3.59. The number of benzene rings is 2. The average molecular weight is 476 g/mol. The number of hydrazone groups is 1. The number of carbonyl (C=O) groups excluding carboxylic acids is 3. The number of carbonyl (C=O) groups is 3. The van der Waals surface area contributed by atoms with Gasteiger partial charge in [0.2, 0.25) is 0 Å². The van der Waals surface area contributed by atoms with E-state index in [-0.39, 0.29) is 12.5 Å². The summed E-state index contributed by atoms with van der Waals surface area (Å²) in [5, 5.41) is 7.19. The molecule has 0 saturated carbocycles. The van der Waals surface area contributed by atoms with Crippen molar-refractivity contribution in [2.45, 2.75) is 19.9 Å².